The molecule has 0 amide bonds. The lowest BCUT2D eigenvalue weighted by atomic mass is 10.1. The molecule has 1 fully saturated rings. The molecule has 0 aliphatic carbocycles. The quantitative estimate of drug-likeness (QED) is 0.562. The maximum absolute atomic E-state index is 6.18. The van der Waals surface area contributed by atoms with Crippen molar-refractivity contribution in [3.63, 3.8) is 0 Å². The average molecular weight is 388 g/mol. The van der Waals surface area contributed by atoms with Crippen LogP contribution in [0.1, 0.15) is 36.0 Å². The molecule has 2 N–H and O–H groups in total. The van der Waals surface area contributed by atoms with Crippen LogP contribution < -0.4 is 15.4 Å². The third-order valence-corrected chi connectivity index (χ3v) is 5.46. The van der Waals surface area contributed by atoms with E-state index >= 15 is 0 Å². The molecule has 2 unspecified atom stereocenters. The van der Waals surface area contributed by atoms with Crippen molar-refractivity contribution in [2.75, 3.05) is 26.8 Å². The van der Waals surface area contributed by atoms with Crippen LogP contribution in [0.15, 0.2) is 40.0 Å². The molecule has 1 aromatic heterocycles. The Morgan fingerprint density at radius 3 is 2.96 bits per heavy atom. The minimum absolute atomic E-state index is 0.148. The van der Waals surface area contributed by atoms with Crippen LogP contribution in [-0.4, -0.2) is 38.9 Å². The second kappa shape index (κ2) is 9.76. The predicted octanol–water partition coefficient (Wildman–Crippen LogP) is 3.69. The first-order valence-electron chi connectivity index (χ1n) is 9.46. The van der Waals surface area contributed by atoms with Crippen LogP contribution in [0.25, 0.3) is 0 Å². The number of nitrogens with one attached hydrogen (secondary N) is 2. The number of nitrogens with zero attached hydrogens (tertiary/aromatic N) is 1. The molecule has 27 heavy (non-hydrogen) atoms. The van der Waals surface area contributed by atoms with Gasteiger partial charge in [0.2, 0.25) is 0 Å². The van der Waals surface area contributed by atoms with Crippen LogP contribution >= 0.6 is 11.3 Å². The van der Waals surface area contributed by atoms with E-state index in [0.29, 0.717) is 19.1 Å². The number of aliphatic imine (C=N–C) groups is 1. The molecular formula is C21H29N3O2S. The minimum Gasteiger partial charge on any atom is -0.488 e. The fraction of sp³-hybridized carbons (Fsp3) is 0.476. The number of thiophene rings is 1. The number of hydrogen-bond donors (Lipinski definition) is 2. The van der Waals surface area contributed by atoms with Crippen LogP contribution in [0, 0.1) is 6.92 Å². The fourth-order valence-electron chi connectivity index (χ4n) is 3.03. The first-order chi connectivity index (χ1) is 13.2. The van der Waals surface area contributed by atoms with Gasteiger partial charge in [-0.3, -0.25) is 4.99 Å². The van der Waals surface area contributed by atoms with Crippen LogP contribution in [-0.2, 0) is 11.3 Å². The summed E-state index contributed by atoms with van der Waals surface area (Å²) in [5, 5.41) is 11.1. The third-order valence-electron chi connectivity index (χ3n) is 4.76. The van der Waals surface area contributed by atoms with Crippen molar-refractivity contribution in [2.45, 2.75) is 38.8 Å². The first-order valence-corrected chi connectivity index (χ1v) is 10.4. The molecule has 1 aromatic carbocycles. The lowest BCUT2D eigenvalue weighted by Gasteiger charge is -2.19. The Kier molecular flexibility index (Phi) is 7.12. The molecule has 1 aliphatic rings. The van der Waals surface area contributed by atoms with E-state index in [1.54, 1.807) is 18.4 Å². The van der Waals surface area contributed by atoms with Gasteiger partial charge in [0.25, 0.3) is 0 Å². The molecule has 2 aromatic rings. The van der Waals surface area contributed by atoms with Crippen LogP contribution in [0.3, 0.4) is 0 Å². The molecule has 0 saturated carbocycles. The van der Waals surface area contributed by atoms with Crippen molar-refractivity contribution in [2.24, 2.45) is 4.99 Å². The topological polar surface area (TPSA) is 54.9 Å². The van der Waals surface area contributed by atoms with Crippen LogP contribution in [0.5, 0.6) is 5.75 Å². The van der Waals surface area contributed by atoms with Gasteiger partial charge in [0, 0.05) is 32.1 Å². The lowest BCUT2D eigenvalue weighted by molar-refractivity contribution is 0.140. The Labute approximate surface area is 165 Å². The van der Waals surface area contributed by atoms with Gasteiger partial charge in [0.05, 0.1) is 13.2 Å². The molecular weight excluding hydrogens is 358 g/mol. The summed E-state index contributed by atoms with van der Waals surface area (Å²) >= 11 is 1.73. The number of aryl methyl sites for hydroxylation is 1. The highest BCUT2D eigenvalue weighted by Gasteiger charge is 2.19. The Balaban J connectivity index is 1.55. The molecule has 2 heterocycles. The minimum atomic E-state index is 0.148. The zero-order valence-corrected chi connectivity index (χ0v) is 17.1. The van der Waals surface area contributed by atoms with Gasteiger partial charge in [-0.1, -0.05) is 19.1 Å². The maximum Gasteiger partial charge on any atom is 0.191 e. The largest absolute Gasteiger partial charge is 0.488 e. The predicted molar refractivity (Wildman–Crippen MR) is 112 cm³/mol. The third kappa shape index (κ3) is 5.71. The Hall–Kier alpha value is -2.05. The number of benzene rings is 1. The average Bonchev–Trinajstić information content (AvgIpc) is 3.37. The second-order valence-electron chi connectivity index (χ2n) is 6.98. The lowest BCUT2D eigenvalue weighted by Crippen LogP contribution is -2.38. The summed E-state index contributed by atoms with van der Waals surface area (Å²) in [4.78, 5) is 4.34. The molecule has 1 saturated heterocycles. The van der Waals surface area contributed by atoms with Crippen molar-refractivity contribution >= 4 is 17.3 Å². The summed E-state index contributed by atoms with van der Waals surface area (Å²) in [6, 6.07) is 8.51. The molecule has 0 bridgehead atoms. The van der Waals surface area contributed by atoms with Gasteiger partial charge in [-0.25, -0.2) is 0 Å². The number of hydrogen-bond acceptors (Lipinski definition) is 4. The summed E-state index contributed by atoms with van der Waals surface area (Å²) < 4.78 is 11.6. The van der Waals surface area contributed by atoms with Crippen LogP contribution in [0.4, 0.5) is 0 Å². The number of guanidine groups is 1. The molecule has 2 atom stereocenters. The first kappa shape index (κ1) is 19.7. The molecule has 146 valence electrons. The van der Waals surface area contributed by atoms with Crippen molar-refractivity contribution in [1.29, 1.82) is 0 Å². The van der Waals surface area contributed by atoms with E-state index in [1.807, 2.05) is 0 Å². The number of ether oxygens (including phenoxy) is 2. The fourth-order valence-corrected chi connectivity index (χ4v) is 3.81. The van der Waals surface area contributed by atoms with E-state index in [-0.39, 0.29) is 6.10 Å². The van der Waals surface area contributed by atoms with Crippen molar-refractivity contribution in [3.8, 4) is 5.75 Å². The summed E-state index contributed by atoms with van der Waals surface area (Å²) in [5.74, 6) is 2.17. The Morgan fingerprint density at radius 1 is 1.37 bits per heavy atom. The van der Waals surface area contributed by atoms with E-state index in [4.69, 9.17) is 9.47 Å². The summed E-state index contributed by atoms with van der Waals surface area (Å²) in [7, 11) is 1.80. The van der Waals surface area contributed by atoms with Gasteiger partial charge in [0.1, 0.15) is 11.9 Å². The van der Waals surface area contributed by atoms with E-state index in [0.717, 1.165) is 36.8 Å². The SMILES string of the molecule is CN=C(NCc1ccc(C)cc1OC1CCOC1)NCC(C)c1ccsc1. The van der Waals surface area contributed by atoms with E-state index < -0.39 is 0 Å². The zero-order chi connectivity index (χ0) is 19.1. The van der Waals surface area contributed by atoms with Crippen molar-refractivity contribution in [1.82, 2.24) is 10.6 Å². The molecule has 3 rings (SSSR count). The highest BCUT2D eigenvalue weighted by atomic mass is 32.1. The standard InChI is InChI=1S/C21H29N3O2S/c1-15-4-5-17(20(10-15)26-19-6-8-25-13-19)12-24-21(22-3)23-11-16(2)18-7-9-27-14-18/h4-5,7,9-10,14,16,19H,6,8,11-13H2,1-3H3,(H2,22,23,24). The van der Waals surface area contributed by atoms with Gasteiger partial charge in [-0.15, -0.1) is 0 Å². The molecule has 0 radical (unpaired) electrons. The van der Waals surface area contributed by atoms with Gasteiger partial charge in [-0.2, -0.15) is 11.3 Å². The van der Waals surface area contributed by atoms with Crippen molar-refractivity contribution in [3.05, 3.63) is 51.7 Å². The summed E-state index contributed by atoms with van der Waals surface area (Å²) in [6.07, 6.45) is 1.10. The van der Waals surface area contributed by atoms with E-state index in [1.165, 1.54) is 11.1 Å². The van der Waals surface area contributed by atoms with Gasteiger partial charge >= 0.3 is 0 Å². The smallest absolute Gasteiger partial charge is 0.191 e. The highest BCUT2D eigenvalue weighted by Crippen LogP contribution is 2.24. The zero-order valence-electron chi connectivity index (χ0n) is 16.3. The van der Waals surface area contributed by atoms with Crippen LogP contribution in [0.2, 0.25) is 0 Å². The molecule has 5 nitrogen and oxygen atoms in total. The summed E-state index contributed by atoms with van der Waals surface area (Å²) in [5.41, 5.74) is 3.68. The Bertz CT molecular complexity index is 740. The molecule has 1 aliphatic heterocycles. The van der Waals surface area contributed by atoms with Crippen molar-refractivity contribution < 1.29 is 9.47 Å². The second-order valence-corrected chi connectivity index (χ2v) is 7.76. The number of rotatable bonds is 7. The van der Waals surface area contributed by atoms with Gasteiger partial charge in [-0.05, 0) is 46.9 Å². The van der Waals surface area contributed by atoms with E-state index in [2.05, 4.69) is 64.5 Å². The normalized spacial score (nSPS) is 18.3. The molecule has 0 spiro atoms. The monoisotopic (exact) mass is 387 g/mol. The Morgan fingerprint density at radius 2 is 2.26 bits per heavy atom. The molecule has 6 heteroatoms. The highest BCUT2D eigenvalue weighted by molar-refractivity contribution is 7.07. The van der Waals surface area contributed by atoms with E-state index in [9.17, 15) is 0 Å². The maximum atomic E-state index is 6.18. The van der Waals surface area contributed by atoms with Gasteiger partial charge in [0.15, 0.2) is 5.96 Å². The summed E-state index contributed by atoms with van der Waals surface area (Å²) in [6.45, 7) is 7.26. The van der Waals surface area contributed by atoms with Gasteiger partial charge < -0.3 is 20.1 Å².